The van der Waals surface area contributed by atoms with E-state index >= 15 is 0 Å². The van der Waals surface area contributed by atoms with E-state index in [9.17, 15) is 9.18 Å². The molecule has 1 aliphatic heterocycles. The number of aromatic nitrogens is 2. The van der Waals surface area contributed by atoms with Crippen molar-refractivity contribution in [3.8, 4) is 5.88 Å². The zero-order valence-corrected chi connectivity index (χ0v) is 18.0. The highest BCUT2D eigenvalue weighted by molar-refractivity contribution is 5.77. The second-order valence-electron chi connectivity index (χ2n) is 7.65. The Bertz CT molecular complexity index is 1040. The van der Waals surface area contributed by atoms with Crippen LogP contribution < -0.4 is 19.9 Å². The zero-order valence-electron chi connectivity index (χ0n) is 18.0. The average molecular weight is 436 g/mol. The fourth-order valence-electron chi connectivity index (χ4n) is 3.54. The molecule has 1 saturated heterocycles. The Morgan fingerprint density at radius 2 is 1.69 bits per heavy atom. The largest absolute Gasteiger partial charge is 0.467 e. The summed E-state index contributed by atoms with van der Waals surface area (Å²) in [6, 6.07) is 18.1. The number of nitrogens with one attached hydrogen (secondary N) is 1. The van der Waals surface area contributed by atoms with Gasteiger partial charge < -0.3 is 19.9 Å². The van der Waals surface area contributed by atoms with Gasteiger partial charge in [0.1, 0.15) is 5.82 Å². The highest BCUT2D eigenvalue weighted by Gasteiger charge is 2.20. The van der Waals surface area contributed by atoms with Crippen LogP contribution in [0.1, 0.15) is 11.3 Å². The molecule has 0 spiro atoms. The topological polar surface area (TPSA) is 70.6 Å². The first-order valence-corrected chi connectivity index (χ1v) is 10.6. The van der Waals surface area contributed by atoms with E-state index in [1.807, 2.05) is 25.1 Å². The predicted molar refractivity (Wildman–Crippen MR) is 121 cm³/mol. The lowest BCUT2D eigenvalue weighted by Crippen LogP contribution is -2.47. The van der Waals surface area contributed by atoms with E-state index < -0.39 is 0 Å². The van der Waals surface area contributed by atoms with Crippen LogP contribution in [-0.2, 0) is 11.3 Å². The fourth-order valence-corrected chi connectivity index (χ4v) is 3.54. The first-order chi connectivity index (χ1) is 15.6. The fraction of sp³-hybridized carbons (Fsp3) is 0.292. The number of amides is 1. The molecular formula is C24H26FN5O2. The van der Waals surface area contributed by atoms with Crippen molar-refractivity contribution in [3.63, 3.8) is 0 Å². The van der Waals surface area contributed by atoms with Crippen LogP contribution in [-0.4, -0.2) is 48.7 Å². The number of anilines is 2. The molecule has 7 nitrogen and oxygen atoms in total. The molecule has 0 unspecified atom stereocenters. The van der Waals surface area contributed by atoms with Gasteiger partial charge in [-0.25, -0.2) is 9.37 Å². The van der Waals surface area contributed by atoms with E-state index in [1.165, 1.54) is 17.8 Å². The molecule has 4 rings (SSSR count). The van der Waals surface area contributed by atoms with Crippen LogP contribution in [0.4, 0.5) is 16.0 Å². The maximum atomic E-state index is 13.0. The number of para-hydroxylation sites is 1. The number of piperazine rings is 1. The third-order valence-corrected chi connectivity index (χ3v) is 5.26. The molecule has 1 amide bonds. The van der Waals surface area contributed by atoms with Crippen LogP contribution in [0.2, 0.25) is 0 Å². The van der Waals surface area contributed by atoms with E-state index in [0.29, 0.717) is 18.4 Å². The third-order valence-electron chi connectivity index (χ3n) is 5.26. The molecule has 0 radical (unpaired) electrons. The Morgan fingerprint density at radius 1 is 1.00 bits per heavy atom. The lowest BCUT2D eigenvalue weighted by atomic mass is 10.2. The molecule has 0 bridgehead atoms. The van der Waals surface area contributed by atoms with Gasteiger partial charge >= 0.3 is 0 Å². The van der Waals surface area contributed by atoms with Crippen molar-refractivity contribution in [1.29, 1.82) is 0 Å². The van der Waals surface area contributed by atoms with Gasteiger partial charge in [-0.1, -0.05) is 30.3 Å². The molecule has 1 aliphatic rings. The van der Waals surface area contributed by atoms with Crippen LogP contribution in [0, 0.1) is 12.7 Å². The summed E-state index contributed by atoms with van der Waals surface area (Å²) in [4.78, 5) is 25.7. The molecular weight excluding hydrogens is 409 g/mol. The van der Waals surface area contributed by atoms with E-state index in [1.54, 1.807) is 18.2 Å². The molecule has 1 N–H and O–H groups in total. The number of carbonyl (C=O) groups excluding carboxylic acids is 1. The first-order valence-electron chi connectivity index (χ1n) is 10.6. The summed E-state index contributed by atoms with van der Waals surface area (Å²) in [7, 11) is 0. The summed E-state index contributed by atoms with van der Waals surface area (Å²) >= 11 is 0. The minimum absolute atomic E-state index is 0.154. The van der Waals surface area contributed by atoms with Gasteiger partial charge in [-0.3, -0.25) is 4.79 Å². The number of rotatable bonds is 7. The molecule has 8 heteroatoms. The van der Waals surface area contributed by atoms with E-state index in [0.717, 1.165) is 37.4 Å². The number of hydrogen-bond acceptors (Lipinski definition) is 6. The number of aryl methyl sites for hydroxylation is 1. The maximum Gasteiger partial charge on any atom is 0.258 e. The van der Waals surface area contributed by atoms with E-state index in [2.05, 4.69) is 37.2 Å². The summed E-state index contributed by atoms with van der Waals surface area (Å²) in [5, 5.41) is 2.76. The molecule has 32 heavy (non-hydrogen) atoms. The SMILES string of the molecule is Cc1cc(OCC(=O)NCc2ccc(F)cc2)nc(N2CCN(c3ccccc3)CC2)n1. The molecule has 3 aromatic rings. The van der Waals surface area contributed by atoms with Crippen LogP contribution in [0.3, 0.4) is 0 Å². The number of hydrogen-bond donors (Lipinski definition) is 1. The van der Waals surface area contributed by atoms with Crippen molar-refractivity contribution in [2.24, 2.45) is 0 Å². The first kappa shape index (κ1) is 21.5. The Hall–Kier alpha value is -3.68. The summed E-state index contributed by atoms with van der Waals surface area (Å²) < 4.78 is 18.6. The quantitative estimate of drug-likeness (QED) is 0.615. The van der Waals surface area contributed by atoms with Gasteiger partial charge in [0.25, 0.3) is 5.91 Å². The number of nitrogens with zero attached hydrogens (tertiary/aromatic N) is 4. The monoisotopic (exact) mass is 435 g/mol. The molecule has 2 aromatic carbocycles. The van der Waals surface area contributed by atoms with Crippen molar-refractivity contribution in [2.75, 3.05) is 42.6 Å². The number of halogens is 1. The van der Waals surface area contributed by atoms with Gasteiger partial charge in [-0.05, 0) is 36.8 Å². The van der Waals surface area contributed by atoms with Gasteiger partial charge in [0.2, 0.25) is 11.8 Å². The van der Waals surface area contributed by atoms with Crippen LogP contribution in [0.25, 0.3) is 0 Å². The summed E-state index contributed by atoms with van der Waals surface area (Å²) in [6.07, 6.45) is 0. The lowest BCUT2D eigenvalue weighted by Gasteiger charge is -2.36. The number of benzene rings is 2. The summed E-state index contributed by atoms with van der Waals surface area (Å²) in [6.45, 7) is 5.40. The van der Waals surface area contributed by atoms with Gasteiger partial charge in [0.05, 0.1) is 0 Å². The Labute approximate surface area is 186 Å². The Morgan fingerprint density at radius 3 is 2.41 bits per heavy atom. The molecule has 1 aromatic heterocycles. The van der Waals surface area contributed by atoms with E-state index in [4.69, 9.17) is 4.74 Å². The minimum atomic E-state index is -0.306. The van der Waals surface area contributed by atoms with Crippen LogP contribution in [0.15, 0.2) is 60.7 Å². The van der Waals surface area contributed by atoms with Crippen molar-refractivity contribution in [2.45, 2.75) is 13.5 Å². The average Bonchev–Trinajstić information content (AvgIpc) is 2.83. The third kappa shape index (κ3) is 5.72. The molecule has 0 saturated carbocycles. The number of ether oxygens (including phenoxy) is 1. The molecule has 0 atom stereocenters. The van der Waals surface area contributed by atoms with Crippen molar-refractivity contribution in [3.05, 3.63) is 77.7 Å². The summed E-state index contributed by atoms with van der Waals surface area (Å²) in [5.74, 6) is 0.401. The molecule has 1 fully saturated rings. The van der Waals surface area contributed by atoms with Crippen LogP contribution in [0.5, 0.6) is 5.88 Å². The molecule has 166 valence electrons. The smallest absolute Gasteiger partial charge is 0.258 e. The molecule has 0 aliphatic carbocycles. The van der Waals surface area contributed by atoms with Crippen molar-refractivity contribution < 1.29 is 13.9 Å². The lowest BCUT2D eigenvalue weighted by molar-refractivity contribution is -0.123. The van der Waals surface area contributed by atoms with Crippen molar-refractivity contribution >= 4 is 17.5 Å². The van der Waals surface area contributed by atoms with Crippen molar-refractivity contribution in [1.82, 2.24) is 15.3 Å². The second-order valence-corrected chi connectivity index (χ2v) is 7.65. The van der Waals surface area contributed by atoms with Crippen LogP contribution >= 0.6 is 0 Å². The van der Waals surface area contributed by atoms with Gasteiger partial charge in [-0.2, -0.15) is 4.98 Å². The Balaban J connectivity index is 1.30. The maximum absolute atomic E-state index is 13.0. The summed E-state index contributed by atoms with van der Waals surface area (Å²) in [5.41, 5.74) is 2.81. The normalized spacial score (nSPS) is 13.7. The Kier molecular flexibility index (Phi) is 6.79. The highest BCUT2D eigenvalue weighted by Crippen LogP contribution is 2.20. The molecule has 2 heterocycles. The van der Waals surface area contributed by atoms with E-state index in [-0.39, 0.29) is 18.3 Å². The zero-order chi connectivity index (χ0) is 22.3. The second kappa shape index (κ2) is 10.1. The van der Waals surface area contributed by atoms with Gasteiger partial charge in [0, 0.05) is 50.2 Å². The standard InChI is InChI=1S/C24H26FN5O2/c1-18-15-23(32-17-22(31)26-16-19-7-9-20(25)10-8-19)28-24(27-18)30-13-11-29(12-14-30)21-5-3-2-4-6-21/h2-10,15H,11-14,16-17H2,1H3,(H,26,31). The highest BCUT2D eigenvalue weighted by atomic mass is 19.1. The minimum Gasteiger partial charge on any atom is -0.467 e. The predicted octanol–water partition coefficient (Wildman–Crippen LogP) is 2.95. The van der Waals surface area contributed by atoms with Gasteiger partial charge in [-0.15, -0.1) is 0 Å². The number of carbonyl (C=O) groups is 1. The van der Waals surface area contributed by atoms with Gasteiger partial charge in [0.15, 0.2) is 6.61 Å².